The molecule has 1 saturated carbocycles. The topological polar surface area (TPSA) is 124 Å². The monoisotopic (exact) mass is 338 g/mol. The van der Waals surface area contributed by atoms with Crippen molar-refractivity contribution in [3.8, 4) is 17.3 Å². The minimum atomic E-state index is -1.53. The van der Waals surface area contributed by atoms with Gasteiger partial charge >= 0.3 is 0 Å². The molecule has 0 spiro atoms. The number of nitriles is 1. The number of nitrogens with one attached hydrogen (secondary N) is 1. The lowest BCUT2D eigenvalue weighted by Crippen LogP contribution is -2.44. The number of aromatic amines is 1. The van der Waals surface area contributed by atoms with Crippen LogP contribution in [-0.2, 0) is 5.72 Å². The summed E-state index contributed by atoms with van der Waals surface area (Å²) < 4.78 is 1.39. The number of aliphatic hydroxyl groups excluding tert-OH is 1. The van der Waals surface area contributed by atoms with E-state index < -0.39 is 17.7 Å². The van der Waals surface area contributed by atoms with E-state index in [1.165, 1.54) is 11.0 Å². The van der Waals surface area contributed by atoms with Crippen LogP contribution in [0.2, 0.25) is 0 Å². The van der Waals surface area contributed by atoms with Crippen LogP contribution in [-0.4, -0.2) is 41.0 Å². The zero-order chi connectivity index (χ0) is 17.4. The number of rotatable bonds is 4. The van der Waals surface area contributed by atoms with Crippen molar-refractivity contribution in [2.75, 3.05) is 0 Å². The Bertz CT molecular complexity index is 942. The summed E-state index contributed by atoms with van der Waals surface area (Å²) in [5, 5.41) is 35.7. The largest absolute Gasteiger partial charge is 0.393 e. The van der Waals surface area contributed by atoms with Crippen LogP contribution in [0.5, 0.6) is 0 Å². The number of aliphatic hydroxyl groups is 2. The van der Waals surface area contributed by atoms with E-state index in [2.05, 4.69) is 20.1 Å². The molecule has 1 fully saturated rings. The highest BCUT2D eigenvalue weighted by molar-refractivity contribution is 5.89. The highest BCUT2D eigenvalue weighted by Gasteiger charge is 2.45. The van der Waals surface area contributed by atoms with Gasteiger partial charge in [-0.25, -0.2) is 14.6 Å². The molecule has 0 radical (unpaired) electrons. The molecule has 3 aromatic heterocycles. The quantitative estimate of drug-likeness (QED) is 0.663. The van der Waals surface area contributed by atoms with E-state index in [0.717, 1.165) is 23.0 Å². The molecule has 3 aromatic rings. The summed E-state index contributed by atoms with van der Waals surface area (Å²) in [6.45, 7) is 0. The first-order valence-corrected chi connectivity index (χ1v) is 8.24. The number of hydrogen-bond donors (Lipinski definition) is 3. The molecule has 25 heavy (non-hydrogen) atoms. The molecule has 3 N–H and O–H groups in total. The lowest BCUT2D eigenvalue weighted by molar-refractivity contribution is -0.125. The van der Waals surface area contributed by atoms with Crippen LogP contribution < -0.4 is 0 Å². The molecule has 0 aromatic carbocycles. The van der Waals surface area contributed by atoms with Crippen molar-refractivity contribution in [2.24, 2.45) is 5.92 Å². The third-order valence-corrected chi connectivity index (χ3v) is 5.02. The van der Waals surface area contributed by atoms with Gasteiger partial charge in [-0.2, -0.15) is 10.4 Å². The first kappa shape index (κ1) is 15.7. The number of H-pyrrole nitrogens is 1. The van der Waals surface area contributed by atoms with Gasteiger partial charge in [0, 0.05) is 29.3 Å². The summed E-state index contributed by atoms with van der Waals surface area (Å²) in [6, 6.07) is 3.91. The maximum absolute atomic E-state index is 11.2. The van der Waals surface area contributed by atoms with Crippen molar-refractivity contribution in [3.05, 3.63) is 31.0 Å². The van der Waals surface area contributed by atoms with Crippen LogP contribution >= 0.6 is 0 Å². The average Bonchev–Trinajstić information content (AvgIpc) is 3.34. The molecule has 0 amide bonds. The Morgan fingerprint density at radius 1 is 1.40 bits per heavy atom. The lowest BCUT2D eigenvalue weighted by Gasteiger charge is -2.34. The van der Waals surface area contributed by atoms with Gasteiger partial charge in [0.2, 0.25) is 0 Å². The molecule has 8 heteroatoms. The van der Waals surface area contributed by atoms with Gasteiger partial charge in [0.15, 0.2) is 5.72 Å². The predicted molar refractivity (Wildman–Crippen MR) is 88.9 cm³/mol. The Morgan fingerprint density at radius 2 is 2.28 bits per heavy atom. The summed E-state index contributed by atoms with van der Waals surface area (Å²) in [7, 11) is 0. The van der Waals surface area contributed by atoms with E-state index in [9.17, 15) is 15.5 Å². The van der Waals surface area contributed by atoms with Gasteiger partial charge < -0.3 is 15.2 Å². The van der Waals surface area contributed by atoms with Gasteiger partial charge in [0.1, 0.15) is 12.0 Å². The molecule has 0 aliphatic heterocycles. The first-order chi connectivity index (χ1) is 12.1. The molecule has 3 atom stereocenters. The fraction of sp³-hybridized carbons (Fsp3) is 0.412. The van der Waals surface area contributed by atoms with Gasteiger partial charge in [-0.15, -0.1) is 0 Å². The summed E-state index contributed by atoms with van der Waals surface area (Å²) in [5.41, 5.74) is 0.601. The molecule has 8 nitrogen and oxygen atoms in total. The Labute approximate surface area is 143 Å². The van der Waals surface area contributed by atoms with Crippen LogP contribution in [0.3, 0.4) is 0 Å². The maximum Gasteiger partial charge on any atom is 0.176 e. The fourth-order valence-electron chi connectivity index (χ4n) is 3.74. The van der Waals surface area contributed by atoms with E-state index in [-0.39, 0.29) is 6.42 Å². The van der Waals surface area contributed by atoms with Crippen molar-refractivity contribution in [3.63, 3.8) is 0 Å². The minimum Gasteiger partial charge on any atom is -0.393 e. The molecule has 1 aliphatic carbocycles. The van der Waals surface area contributed by atoms with Crippen molar-refractivity contribution in [2.45, 2.75) is 37.5 Å². The molecule has 4 rings (SSSR count). The summed E-state index contributed by atoms with van der Waals surface area (Å²) in [5.74, 6) is -0.419. The van der Waals surface area contributed by atoms with Crippen LogP contribution in [0.1, 0.15) is 25.7 Å². The van der Waals surface area contributed by atoms with Gasteiger partial charge in [0.25, 0.3) is 0 Å². The minimum absolute atomic E-state index is 0.140. The van der Waals surface area contributed by atoms with Crippen molar-refractivity contribution in [1.29, 1.82) is 5.26 Å². The van der Waals surface area contributed by atoms with E-state index in [0.29, 0.717) is 18.5 Å². The number of fused-ring (bicyclic) bond motifs is 1. The smallest absolute Gasteiger partial charge is 0.176 e. The fourth-order valence-corrected chi connectivity index (χ4v) is 3.74. The SMILES string of the molecule is N#CCC(O)(C1CCCC1O)n1cc(-c2ncnc3[nH]ccc23)cn1. The Morgan fingerprint density at radius 3 is 3.04 bits per heavy atom. The molecule has 128 valence electrons. The normalized spacial score (nSPS) is 22.8. The second-order valence-corrected chi connectivity index (χ2v) is 6.45. The average molecular weight is 338 g/mol. The van der Waals surface area contributed by atoms with E-state index in [4.69, 9.17) is 0 Å². The summed E-state index contributed by atoms with van der Waals surface area (Å²) in [6.07, 6.45) is 7.87. The van der Waals surface area contributed by atoms with Crippen LogP contribution in [0.25, 0.3) is 22.3 Å². The van der Waals surface area contributed by atoms with Crippen molar-refractivity contribution in [1.82, 2.24) is 24.7 Å². The molecular weight excluding hydrogens is 320 g/mol. The third-order valence-electron chi connectivity index (χ3n) is 5.02. The lowest BCUT2D eigenvalue weighted by atomic mass is 9.89. The standard InChI is InChI=1S/C17H18N6O2/c18-6-5-17(25,13-2-1-3-14(13)24)23-9-11(8-22-23)15-12-4-7-19-16(12)21-10-20-15/h4,7-10,13-14,24-25H,1-3,5H2,(H,19,20,21). The third kappa shape index (κ3) is 2.49. The Kier molecular flexibility index (Phi) is 3.75. The Balaban J connectivity index is 1.76. The number of hydrogen-bond acceptors (Lipinski definition) is 6. The first-order valence-electron chi connectivity index (χ1n) is 8.24. The van der Waals surface area contributed by atoms with Crippen molar-refractivity contribution < 1.29 is 10.2 Å². The number of nitrogens with zero attached hydrogens (tertiary/aromatic N) is 5. The van der Waals surface area contributed by atoms with E-state index in [1.54, 1.807) is 18.6 Å². The van der Waals surface area contributed by atoms with Crippen molar-refractivity contribution >= 4 is 11.0 Å². The highest BCUT2D eigenvalue weighted by atomic mass is 16.3. The highest BCUT2D eigenvalue weighted by Crippen LogP contribution is 2.40. The number of aromatic nitrogens is 5. The van der Waals surface area contributed by atoms with E-state index >= 15 is 0 Å². The second kappa shape index (κ2) is 5.95. The van der Waals surface area contributed by atoms with Gasteiger partial charge in [0.05, 0.1) is 30.5 Å². The molecule has 0 bridgehead atoms. The molecule has 1 aliphatic rings. The summed E-state index contributed by atoms with van der Waals surface area (Å²) >= 11 is 0. The van der Waals surface area contributed by atoms with Gasteiger partial charge in [-0.05, 0) is 18.9 Å². The van der Waals surface area contributed by atoms with Gasteiger partial charge in [-0.3, -0.25) is 0 Å². The second-order valence-electron chi connectivity index (χ2n) is 6.45. The van der Waals surface area contributed by atoms with Gasteiger partial charge in [-0.1, -0.05) is 6.42 Å². The molecular formula is C17H18N6O2. The molecule has 3 unspecified atom stereocenters. The van der Waals surface area contributed by atoms with Crippen LogP contribution in [0, 0.1) is 17.2 Å². The zero-order valence-electron chi connectivity index (χ0n) is 13.5. The molecule has 0 saturated heterocycles. The predicted octanol–water partition coefficient (Wildman–Crippen LogP) is 1.54. The van der Waals surface area contributed by atoms with Crippen LogP contribution in [0.15, 0.2) is 31.0 Å². The zero-order valence-corrected chi connectivity index (χ0v) is 13.5. The Hall–Kier alpha value is -2.76. The summed E-state index contributed by atoms with van der Waals surface area (Å²) in [4.78, 5) is 11.5. The van der Waals surface area contributed by atoms with E-state index in [1.807, 2.05) is 12.1 Å². The molecule has 3 heterocycles. The van der Waals surface area contributed by atoms with Crippen LogP contribution in [0.4, 0.5) is 0 Å². The maximum atomic E-state index is 11.2.